The van der Waals surface area contributed by atoms with E-state index >= 15 is 0 Å². The fraction of sp³-hybridized carbons (Fsp3) is 0.800. The van der Waals surface area contributed by atoms with Gasteiger partial charge in [0.05, 0.1) is 5.60 Å². The minimum Gasteiger partial charge on any atom is -0.389 e. The van der Waals surface area contributed by atoms with Crippen LogP contribution in [0.1, 0.15) is 65.2 Å². The van der Waals surface area contributed by atoms with Gasteiger partial charge in [0.1, 0.15) is 5.78 Å². The summed E-state index contributed by atoms with van der Waals surface area (Å²) >= 11 is 0. The topological polar surface area (TPSA) is 54.4 Å². The van der Waals surface area contributed by atoms with Crippen LogP contribution < -0.4 is 0 Å². The van der Waals surface area contributed by atoms with Gasteiger partial charge in [0.2, 0.25) is 0 Å². The Morgan fingerprint density at radius 2 is 1.96 bits per heavy atom. The number of allylic oxidation sites excluding steroid dienone is 1. The lowest BCUT2D eigenvalue weighted by atomic mass is 9.49. The van der Waals surface area contributed by atoms with E-state index in [1.165, 1.54) is 5.57 Å². The van der Waals surface area contributed by atoms with E-state index in [2.05, 4.69) is 6.92 Å². The second-order valence-electron chi connectivity index (χ2n) is 8.77. The Hall–Kier alpha value is -0.960. The Bertz CT molecular complexity index is 592. The fourth-order valence-electron chi connectivity index (χ4n) is 6.89. The van der Waals surface area contributed by atoms with Gasteiger partial charge in [-0.2, -0.15) is 0 Å². The summed E-state index contributed by atoms with van der Waals surface area (Å²) in [5.74, 6) is 1.63. The van der Waals surface area contributed by atoms with Crippen LogP contribution in [0, 0.1) is 29.1 Å². The van der Waals surface area contributed by atoms with E-state index in [0.29, 0.717) is 24.0 Å². The van der Waals surface area contributed by atoms with E-state index in [0.717, 1.165) is 44.9 Å². The smallest absolute Gasteiger partial charge is 0.155 e. The Balaban J connectivity index is 1.69. The number of carbonyl (C=O) groups excluding carboxylic acids is 2. The van der Waals surface area contributed by atoms with Crippen LogP contribution in [0.3, 0.4) is 0 Å². The van der Waals surface area contributed by atoms with Crippen molar-refractivity contribution in [2.24, 2.45) is 29.1 Å². The third-order valence-corrected chi connectivity index (χ3v) is 7.89. The van der Waals surface area contributed by atoms with Crippen molar-refractivity contribution in [3.05, 3.63) is 11.6 Å². The van der Waals surface area contributed by atoms with Gasteiger partial charge in [-0.05, 0) is 81.1 Å². The summed E-state index contributed by atoms with van der Waals surface area (Å²) in [4.78, 5) is 23.8. The first-order valence-electron chi connectivity index (χ1n) is 9.32. The summed E-state index contributed by atoms with van der Waals surface area (Å²) in [6.45, 7) is 3.98. The molecule has 0 unspecified atom stereocenters. The van der Waals surface area contributed by atoms with Gasteiger partial charge in [0.25, 0.3) is 0 Å². The normalized spacial score (nSPS) is 49.0. The second kappa shape index (κ2) is 5.02. The average molecular weight is 316 g/mol. The largest absolute Gasteiger partial charge is 0.389 e. The molecule has 0 aromatic rings. The average Bonchev–Trinajstić information content (AvgIpc) is 2.85. The molecule has 0 heterocycles. The van der Waals surface area contributed by atoms with Gasteiger partial charge in [0.15, 0.2) is 5.78 Å². The van der Waals surface area contributed by atoms with Crippen LogP contribution in [-0.2, 0) is 9.59 Å². The molecule has 0 radical (unpaired) electrons. The maximum Gasteiger partial charge on any atom is 0.155 e. The van der Waals surface area contributed by atoms with Crippen molar-refractivity contribution in [3.8, 4) is 0 Å². The Labute approximate surface area is 138 Å². The summed E-state index contributed by atoms with van der Waals surface area (Å²) in [5.41, 5.74) is 0.642. The van der Waals surface area contributed by atoms with E-state index in [1.807, 2.05) is 6.08 Å². The molecular formula is C20H28O3. The molecule has 23 heavy (non-hydrogen) atoms. The SMILES string of the molecule is CC(=O)[C@@H]1CC[C@@H]2[C@]1(C)CC[C@@H]1[C@H]3CCC(=O)C=C3CC[C@@]12O. The van der Waals surface area contributed by atoms with E-state index in [9.17, 15) is 14.7 Å². The molecule has 126 valence electrons. The van der Waals surface area contributed by atoms with Crippen molar-refractivity contribution in [2.75, 3.05) is 0 Å². The first-order valence-corrected chi connectivity index (χ1v) is 9.32. The van der Waals surface area contributed by atoms with Crippen molar-refractivity contribution >= 4 is 11.6 Å². The highest BCUT2D eigenvalue weighted by Crippen LogP contribution is 2.65. The van der Waals surface area contributed by atoms with Gasteiger partial charge in [0, 0.05) is 12.3 Å². The molecule has 0 aromatic heterocycles. The third kappa shape index (κ3) is 2.05. The monoisotopic (exact) mass is 316 g/mol. The number of carbonyl (C=O) groups is 2. The van der Waals surface area contributed by atoms with Crippen LogP contribution in [0.25, 0.3) is 0 Å². The molecule has 3 saturated carbocycles. The lowest BCUT2D eigenvalue weighted by Gasteiger charge is -2.58. The first kappa shape index (κ1) is 15.6. The molecule has 3 nitrogen and oxygen atoms in total. The van der Waals surface area contributed by atoms with Gasteiger partial charge in [-0.1, -0.05) is 12.5 Å². The van der Waals surface area contributed by atoms with Crippen molar-refractivity contribution in [1.29, 1.82) is 0 Å². The summed E-state index contributed by atoms with van der Waals surface area (Å²) in [6.07, 6.45) is 9.04. The van der Waals surface area contributed by atoms with Crippen molar-refractivity contribution in [3.63, 3.8) is 0 Å². The highest BCUT2D eigenvalue weighted by molar-refractivity contribution is 5.91. The molecule has 6 atom stereocenters. The number of rotatable bonds is 1. The summed E-state index contributed by atoms with van der Waals surface area (Å²) in [6, 6.07) is 0. The lowest BCUT2D eigenvalue weighted by Crippen LogP contribution is -2.59. The van der Waals surface area contributed by atoms with E-state index in [-0.39, 0.29) is 23.0 Å². The number of Topliss-reactive ketones (excluding diaryl/α,β-unsaturated/α-hetero) is 1. The highest BCUT2D eigenvalue weighted by atomic mass is 16.3. The van der Waals surface area contributed by atoms with E-state index < -0.39 is 5.60 Å². The minimum absolute atomic E-state index is 0.0250. The highest BCUT2D eigenvalue weighted by Gasteiger charge is 2.63. The minimum atomic E-state index is -0.625. The third-order valence-electron chi connectivity index (χ3n) is 7.89. The Morgan fingerprint density at radius 3 is 2.70 bits per heavy atom. The number of hydrogen-bond acceptors (Lipinski definition) is 3. The van der Waals surface area contributed by atoms with Crippen LogP contribution in [0.4, 0.5) is 0 Å². The molecular weight excluding hydrogens is 288 g/mol. The number of fused-ring (bicyclic) bond motifs is 5. The Morgan fingerprint density at radius 1 is 1.17 bits per heavy atom. The summed E-state index contributed by atoms with van der Waals surface area (Å²) < 4.78 is 0. The molecule has 0 aliphatic heterocycles. The molecule has 0 saturated heterocycles. The zero-order valence-electron chi connectivity index (χ0n) is 14.3. The van der Waals surface area contributed by atoms with Crippen LogP contribution in [0.5, 0.6) is 0 Å². The first-order chi connectivity index (χ1) is 10.9. The van der Waals surface area contributed by atoms with Gasteiger partial charge >= 0.3 is 0 Å². The molecule has 0 spiro atoms. The summed E-state index contributed by atoms with van der Waals surface area (Å²) in [7, 11) is 0. The molecule has 1 N–H and O–H groups in total. The van der Waals surface area contributed by atoms with Gasteiger partial charge in [-0.15, -0.1) is 0 Å². The molecule has 3 fully saturated rings. The molecule has 0 amide bonds. The van der Waals surface area contributed by atoms with Crippen molar-refractivity contribution in [2.45, 2.75) is 70.8 Å². The Kier molecular flexibility index (Phi) is 3.39. The van der Waals surface area contributed by atoms with E-state index in [1.54, 1.807) is 6.92 Å². The fourth-order valence-corrected chi connectivity index (χ4v) is 6.89. The molecule has 4 aliphatic carbocycles. The maximum atomic E-state index is 12.1. The van der Waals surface area contributed by atoms with Crippen LogP contribution in [-0.4, -0.2) is 22.3 Å². The molecule has 0 aromatic carbocycles. The van der Waals surface area contributed by atoms with Crippen molar-refractivity contribution in [1.82, 2.24) is 0 Å². The molecule has 4 rings (SSSR count). The second-order valence-corrected chi connectivity index (χ2v) is 8.77. The van der Waals surface area contributed by atoms with Crippen LogP contribution >= 0.6 is 0 Å². The van der Waals surface area contributed by atoms with E-state index in [4.69, 9.17) is 0 Å². The molecule has 4 aliphatic rings. The predicted octanol–water partition coefficient (Wildman–Crippen LogP) is 3.45. The molecule has 3 heteroatoms. The van der Waals surface area contributed by atoms with Gasteiger partial charge in [-0.25, -0.2) is 0 Å². The van der Waals surface area contributed by atoms with Crippen molar-refractivity contribution < 1.29 is 14.7 Å². The number of hydrogen-bond donors (Lipinski definition) is 1. The molecule has 0 bridgehead atoms. The quantitative estimate of drug-likeness (QED) is 0.806. The van der Waals surface area contributed by atoms with Gasteiger partial charge < -0.3 is 5.11 Å². The predicted molar refractivity (Wildman–Crippen MR) is 87.7 cm³/mol. The number of aliphatic hydroxyl groups is 1. The zero-order chi connectivity index (χ0) is 16.4. The summed E-state index contributed by atoms with van der Waals surface area (Å²) in [5, 5.41) is 11.7. The van der Waals surface area contributed by atoms with Gasteiger partial charge in [-0.3, -0.25) is 9.59 Å². The zero-order valence-corrected chi connectivity index (χ0v) is 14.3. The maximum absolute atomic E-state index is 12.1. The lowest BCUT2D eigenvalue weighted by molar-refractivity contribution is -0.172. The number of ketones is 2. The standard InChI is InChI=1S/C20H28O3/c1-12(21)16-5-6-18-19(16,2)9-8-17-15-4-3-14(22)11-13(15)7-10-20(17,18)23/h11,15-18,23H,3-10H2,1-2H3/t15-,16-,17+,18+,19+,20+/m0/s1. The van der Waals surface area contributed by atoms with Crippen LogP contribution in [0.2, 0.25) is 0 Å². The van der Waals surface area contributed by atoms with Crippen LogP contribution in [0.15, 0.2) is 11.6 Å².